The summed E-state index contributed by atoms with van der Waals surface area (Å²) in [6.07, 6.45) is 0. The van der Waals surface area contributed by atoms with Crippen LogP contribution >= 0.6 is 27.5 Å². The Hall–Kier alpha value is -0.0500. The molecule has 0 radical (unpaired) electrons. The van der Waals surface area contributed by atoms with E-state index in [0.29, 0.717) is 0 Å². The van der Waals surface area contributed by atoms with E-state index in [-0.39, 0.29) is 0 Å². The molecule has 3 heteroatoms. The lowest BCUT2D eigenvalue weighted by atomic mass is 10.2. The first-order valence-electron chi connectivity index (χ1n) is 4.83. The van der Waals surface area contributed by atoms with E-state index in [1.54, 1.807) is 0 Å². The van der Waals surface area contributed by atoms with Crippen molar-refractivity contribution in [1.29, 1.82) is 0 Å². The van der Waals surface area contributed by atoms with Gasteiger partial charge in [0.1, 0.15) is 0 Å². The molecular weight excluding hydrogens is 261 g/mol. The van der Waals surface area contributed by atoms with Gasteiger partial charge in [-0.05, 0) is 36.9 Å². The SMILES string of the molecule is CCN(CC)Cc1cc(Cl)cc(Br)c1. The molecule has 1 aromatic rings. The van der Waals surface area contributed by atoms with Crippen LogP contribution in [0.3, 0.4) is 0 Å². The Bertz CT molecular complexity index is 277. The van der Waals surface area contributed by atoms with Crippen LogP contribution in [0.25, 0.3) is 0 Å². The second kappa shape index (κ2) is 5.74. The second-order valence-electron chi connectivity index (χ2n) is 3.24. The molecule has 0 unspecified atom stereocenters. The molecule has 78 valence electrons. The van der Waals surface area contributed by atoms with Crippen molar-refractivity contribution in [1.82, 2.24) is 4.90 Å². The highest BCUT2D eigenvalue weighted by molar-refractivity contribution is 9.10. The van der Waals surface area contributed by atoms with Gasteiger partial charge in [0, 0.05) is 16.0 Å². The zero-order valence-electron chi connectivity index (χ0n) is 8.56. The van der Waals surface area contributed by atoms with E-state index in [0.717, 1.165) is 29.1 Å². The molecule has 0 atom stereocenters. The molecule has 0 amide bonds. The third-order valence-electron chi connectivity index (χ3n) is 2.22. The first kappa shape index (κ1) is 12.0. The Labute approximate surface area is 99.2 Å². The number of nitrogens with zero attached hydrogens (tertiary/aromatic N) is 1. The number of rotatable bonds is 4. The molecule has 0 aromatic heterocycles. The fourth-order valence-electron chi connectivity index (χ4n) is 1.41. The summed E-state index contributed by atoms with van der Waals surface area (Å²) in [7, 11) is 0. The van der Waals surface area contributed by atoms with Crippen molar-refractivity contribution >= 4 is 27.5 Å². The first-order chi connectivity index (χ1) is 6.65. The van der Waals surface area contributed by atoms with E-state index in [9.17, 15) is 0 Å². The summed E-state index contributed by atoms with van der Waals surface area (Å²) in [4.78, 5) is 2.36. The van der Waals surface area contributed by atoms with Crippen molar-refractivity contribution in [3.05, 3.63) is 33.3 Å². The topological polar surface area (TPSA) is 3.24 Å². The second-order valence-corrected chi connectivity index (χ2v) is 4.59. The Balaban J connectivity index is 2.75. The van der Waals surface area contributed by atoms with Crippen molar-refractivity contribution in [2.75, 3.05) is 13.1 Å². The van der Waals surface area contributed by atoms with Gasteiger partial charge in [-0.2, -0.15) is 0 Å². The molecule has 0 bridgehead atoms. The zero-order valence-corrected chi connectivity index (χ0v) is 10.9. The van der Waals surface area contributed by atoms with E-state index in [1.165, 1.54) is 5.56 Å². The van der Waals surface area contributed by atoms with Gasteiger partial charge in [0.2, 0.25) is 0 Å². The van der Waals surface area contributed by atoms with Gasteiger partial charge in [-0.15, -0.1) is 0 Å². The predicted molar refractivity (Wildman–Crippen MR) is 65.8 cm³/mol. The average molecular weight is 277 g/mol. The smallest absolute Gasteiger partial charge is 0.0420 e. The van der Waals surface area contributed by atoms with Crippen LogP contribution in [0.1, 0.15) is 19.4 Å². The van der Waals surface area contributed by atoms with Crippen LogP contribution in [0.4, 0.5) is 0 Å². The molecule has 0 aliphatic carbocycles. The minimum absolute atomic E-state index is 0.793. The van der Waals surface area contributed by atoms with Crippen LogP contribution in [0, 0.1) is 0 Å². The summed E-state index contributed by atoms with van der Waals surface area (Å²) >= 11 is 9.42. The Kier molecular flexibility index (Phi) is 4.93. The van der Waals surface area contributed by atoms with Crippen LogP contribution in [0.5, 0.6) is 0 Å². The lowest BCUT2D eigenvalue weighted by Crippen LogP contribution is -2.22. The molecule has 0 saturated heterocycles. The molecule has 0 heterocycles. The van der Waals surface area contributed by atoms with E-state index >= 15 is 0 Å². The molecule has 0 saturated carbocycles. The highest BCUT2D eigenvalue weighted by atomic mass is 79.9. The van der Waals surface area contributed by atoms with Gasteiger partial charge in [0.25, 0.3) is 0 Å². The molecule has 0 aliphatic heterocycles. The maximum atomic E-state index is 5.97. The zero-order chi connectivity index (χ0) is 10.6. The van der Waals surface area contributed by atoms with Gasteiger partial charge in [0.15, 0.2) is 0 Å². The van der Waals surface area contributed by atoms with Crippen molar-refractivity contribution in [3.63, 3.8) is 0 Å². The summed E-state index contributed by atoms with van der Waals surface area (Å²) in [6, 6.07) is 6.04. The minimum Gasteiger partial charge on any atom is -0.300 e. The highest BCUT2D eigenvalue weighted by Crippen LogP contribution is 2.20. The summed E-state index contributed by atoms with van der Waals surface area (Å²) in [5.74, 6) is 0. The van der Waals surface area contributed by atoms with E-state index in [1.807, 2.05) is 12.1 Å². The monoisotopic (exact) mass is 275 g/mol. The van der Waals surface area contributed by atoms with Gasteiger partial charge in [-0.25, -0.2) is 0 Å². The molecule has 0 fully saturated rings. The number of hydrogen-bond donors (Lipinski definition) is 0. The van der Waals surface area contributed by atoms with Crippen molar-refractivity contribution < 1.29 is 0 Å². The maximum absolute atomic E-state index is 5.97. The molecule has 0 aliphatic rings. The Morgan fingerprint density at radius 2 is 1.86 bits per heavy atom. The van der Waals surface area contributed by atoms with Crippen molar-refractivity contribution in [3.8, 4) is 0 Å². The molecule has 14 heavy (non-hydrogen) atoms. The molecular formula is C11H15BrClN. The van der Waals surface area contributed by atoms with Gasteiger partial charge in [-0.1, -0.05) is 41.4 Å². The Morgan fingerprint density at radius 3 is 2.36 bits per heavy atom. The normalized spacial score (nSPS) is 10.9. The number of hydrogen-bond acceptors (Lipinski definition) is 1. The van der Waals surface area contributed by atoms with Crippen molar-refractivity contribution in [2.45, 2.75) is 20.4 Å². The van der Waals surface area contributed by atoms with Gasteiger partial charge < -0.3 is 0 Å². The molecule has 1 aromatic carbocycles. The minimum atomic E-state index is 0.793. The summed E-state index contributed by atoms with van der Waals surface area (Å²) in [5, 5.41) is 0.793. The fraction of sp³-hybridized carbons (Fsp3) is 0.455. The van der Waals surface area contributed by atoms with Gasteiger partial charge in [0.05, 0.1) is 0 Å². The van der Waals surface area contributed by atoms with Crippen LogP contribution in [-0.4, -0.2) is 18.0 Å². The lowest BCUT2D eigenvalue weighted by Gasteiger charge is -2.18. The summed E-state index contributed by atoms with van der Waals surface area (Å²) in [5.41, 5.74) is 1.26. The number of benzene rings is 1. The Morgan fingerprint density at radius 1 is 1.21 bits per heavy atom. The molecule has 1 nitrogen and oxygen atoms in total. The quantitative estimate of drug-likeness (QED) is 0.805. The lowest BCUT2D eigenvalue weighted by molar-refractivity contribution is 0.296. The molecule has 0 N–H and O–H groups in total. The van der Waals surface area contributed by atoms with Crippen LogP contribution in [0.15, 0.2) is 22.7 Å². The number of halogens is 2. The van der Waals surface area contributed by atoms with Crippen LogP contribution < -0.4 is 0 Å². The largest absolute Gasteiger partial charge is 0.300 e. The van der Waals surface area contributed by atoms with E-state index in [4.69, 9.17) is 11.6 Å². The summed E-state index contributed by atoms with van der Waals surface area (Å²) in [6.45, 7) is 7.44. The van der Waals surface area contributed by atoms with E-state index in [2.05, 4.69) is 40.7 Å². The fourth-order valence-corrected chi connectivity index (χ4v) is 2.34. The van der Waals surface area contributed by atoms with Crippen molar-refractivity contribution in [2.24, 2.45) is 0 Å². The van der Waals surface area contributed by atoms with Crippen LogP contribution in [0.2, 0.25) is 5.02 Å². The van der Waals surface area contributed by atoms with Gasteiger partial charge in [-0.3, -0.25) is 4.90 Å². The predicted octanol–water partition coefficient (Wildman–Crippen LogP) is 3.94. The molecule has 0 spiro atoms. The standard InChI is InChI=1S/C11H15BrClN/c1-3-14(4-2)8-9-5-10(12)7-11(13)6-9/h5-7H,3-4,8H2,1-2H3. The third kappa shape index (κ3) is 3.60. The third-order valence-corrected chi connectivity index (χ3v) is 2.90. The molecule has 1 rings (SSSR count). The highest BCUT2D eigenvalue weighted by Gasteiger charge is 2.02. The van der Waals surface area contributed by atoms with Crippen LogP contribution in [-0.2, 0) is 6.54 Å². The maximum Gasteiger partial charge on any atom is 0.0420 e. The van der Waals surface area contributed by atoms with Gasteiger partial charge >= 0.3 is 0 Å². The summed E-state index contributed by atoms with van der Waals surface area (Å²) < 4.78 is 1.05. The average Bonchev–Trinajstić information content (AvgIpc) is 2.12. The first-order valence-corrected chi connectivity index (χ1v) is 6.00. The van der Waals surface area contributed by atoms with E-state index < -0.39 is 0 Å².